The monoisotopic (exact) mass is 268 g/mol. The fourth-order valence-electron chi connectivity index (χ4n) is 1.76. The van der Waals surface area contributed by atoms with E-state index >= 15 is 0 Å². The van der Waals surface area contributed by atoms with Crippen molar-refractivity contribution in [2.45, 2.75) is 19.4 Å². The maximum absolute atomic E-state index is 13.1. The molecule has 5 heteroatoms. The number of hydrogen-bond donors (Lipinski definition) is 2. The smallest absolute Gasteiger partial charge is 0.124 e. The third-order valence-corrected chi connectivity index (χ3v) is 3.89. The average molecular weight is 268 g/mol. The molecule has 0 radical (unpaired) electrons. The summed E-state index contributed by atoms with van der Waals surface area (Å²) in [5.41, 5.74) is 2.74. The van der Waals surface area contributed by atoms with Gasteiger partial charge in [-0.1, -0.05) is 13.0 Å². The van der Waals surface area contributed by atoms with E-state index in [1.54, 1.807) is 12.1 Å². The second-order valence-electron chi connectivity index (χ2n) is 4.13. The molecule has 0 aliphatic heterocycles. The summed E-state index contributed by atoms with van der Waals surface area (Å²) in [6.07, 6.45) is 0.981. The van der Waals surface area contributed by atoms with Crippen LogP contribution < -0.4 is 11.3 Å². The van der Waals surface area contributed by atoms with E-state index in [-0.39, 0.29) is 11.9 Å². The van der Waals surface area contributed by atoms with Gasteiger partial charge in [0.1, 0.15) is 5.82 Å². The van der Waals surface area contributed by atoms with Gasteiger partial charge in [0.15, 0.2) is 0 Å². The van der Waals surface area contributed by atoms with Gasteiger partial charge in [-0.15, -0.1) is 11.3 Å². The van der Waals surface area contributed by atoms with Gasteiger partial charge in [-0.05, 0) is 30.0 Å². The lowest BCUT2D eigenvalue weighted by Gasteiger charge is -2.13. The zero-order valence-corrected chi connectivity index (χ0v) is 11.1. The van der Waals surface area contributed by atoms with Crippen molar-refractivity contribution < 1.29 is 9.13 Å². The largest absolute Gasteiger partial charge is 0.379 e. The molecule has 0 amide bonds. The topological polar surface area (TPSA) is 47.3 Å². The first-order chi connectivity index (χ1) is 8.74. The molecule has 2 aromatic rings. The van der Waals surface area contributed by atoms with Crippen LogP contribution in [-0.4, -0.2) is 13.2 Å². The molecule has 3 N–H and O–H groups in total. The number of hydrazine groups is 1. The van der Waals surface area contributed by atoms with Crippen LogP contribution in [0.2, 0.25) is 0 Å². The maximum atomic E-state index is 13.1. The number of rotatable bonds is 6. The third-order valence-electron chi connectivity index (χ3n) is 2.68. The number of halogens is 1. The highest BCUT2D eigenvalue weighted by molar-refractivity contribution is 7.19. The molecule has 1 atom stereocenters. The predicted octanol–water partition coefficient (Wildman–Crippen LogP) is 2.97. The van der Waals surface area contributed by atoms with Gasteiger partial charge in [-0.2, -0.15) is 0 Å². The van der Waals surface area contributed by atoms with Crippen molar-refractivity contribution in [1.29, 1.82) is 0 Å². The van der Waals surface area contributed by atoms with Gasteiger partial charge in [0, 0.05) is 16.2 Å². The van der Waals surface area contributed by atoms with E-state index in [2.05, 4.69) is 12.3 Å². The normalized spacial score (nSPS) is 13.1. The minimum Gasteiger partial charge on any atom is -0.379 e. The van der Waals surface area contributed by atoms with E-state index in [4.69, 9.17) is 10.6 Å². The van der Waals surface area contributed by atoms with Crippen LogP contribution in [0.25, 0.3) is 10.1 Å². The summed E-state index contributed by atoms with van der Waals surface area (Å²) in [5, 5.41) is 1.03. The Morgan fingerprint density at radius 3 is 3.00 bits per heavy atom. The van der Waals surface area contributed by atoms with Crippen LogP contribution in [0, 0.1) is 5.82 Å². The molecule has 0 bridgehead atoms. The van der Waals surface area contributed by atoms with Crippen molar-refractivity contribution in [3.8, 4) is 0 Å². The predicted molar refractivity (Wildman–Crippen MR) is 73.0 cm³/mol. The molecular weight excluding hydrogens is 251 g/mol. The van der Waals surface area contributed by atoms with E-state index in [1.165, 1.54) is 17.4 Å². The molecule has 3 nitrogen and oxygen atoms in total. The zero-order valence-electron chi connectivity index (χ0n) is 10.3. The first kappa shape index (κ1) is 13.4. The highest BCUT2D eigenvalue weighted by Gasteiger charge is 2.13. The third kappa shape index (κ3) is 3.05. The van der Waals surface area contributed by atoms with E-state index in [9.17, 15) is 4.39 Å². The standard InChI is InChI=1S/C13H17FN2OS/c1-2-5-17-8-11(16-15)13-6-9-3-4-10(14)7-12(9)18-13/h3-4,6-7,11,16H,2,5,8,15H2,1H3. The first-order valence-electron chi connectivity index (χ1n) is 5.97. The summed E-state index contributed by atoms with van der Waals surface area (Å²) in [6, 6.07) is 6.78. The molecule has 0 saturated carbocycles. The summed E-state index contributed by atoms with van der Waals surface area (Å²) in [7, 11) is 0. The van der Waals surface area contributed by atoms with Gasteiger partial charge >= 0.3 is 0 Å². The van der Waals surface area contributed by atoms with Gasteiger partial charge in [-0.25, -0.2) is 9.82 Å². The fraction of sp³-hybridized carbons (Fsp3) is 0.385. The Labute approximate surface area is 110 Å². The molecule has 0 spiro atoms. The van der Waals surface area contributed by atoms with Crippen LogP contribution in [0.5, 0.6) is 0 Å². The van der Waals surface area contributed by atoms with Crippen LogP contribution in [0.3, 0.4) is 0 Å². The van der Waals surface area contributed by atoms with Gasteiger partial charge < -0.3 is 4.74 Å². The highest BCUT2D eigenvalue weighted by atomic mass is 32.1. The minimum absolute atomic E-state index is 0.0444. The first-order valence-corrected chi connectivity index (χ1v) is 6.79. The van der Waals surface area contributed by atoms with E-state index < -0.39 is 0 Å². The molecule has 1 heterocycles. The van der Waals surface area contributed by atoms with Crippen molar-refractivity contribution in [2.24, 2.45) is 5.84 Å². The summed E-state index contributed by atoms with van der Waals surface area (Å²) in [6.45, 7) is 3.31. The van der Waals surface area contributed by atoms with Crippen LogP contribution in [0.15, 0.2) is 24.3 Å². The lowest BCUT2D eigenvalue weighted by atomic mass is 10.2. The quantitative estimate of drug-likeness (QED) is 0.481. The van der Waals surface area contributed by atoms with Crippen LogP contribution in [0.4, 0.5) is 4.39 Å². The number of thiophene rings is 1. The lowest BCUT2D eigenvalue weighted by Crippen LogP contribution is -2.30. The molecule has 1 aromatic carbocycles. The fourth-order valence-corrected chi connectivity index (χ4v) is 2.89. The van der Waals surface area contributed by atoms with Crippen LogP contribution >= 0.6 is 11.3 Å². The molecule has 0 fully saturated rings. The summed E-state index contributed by atoms with van der Waals surface area (Å²) in [5.74, 6) is 5.33. The highest BCUT2D eigenvalue weighted by Crippen LogP contribution is 2.30. The molecular formula is C13H17FN2OS. The Morgan fingerprint density at radius 2 is 2.28 bits per heavy atom. The maximum Gasteiger partial charge on any atom is 0.124 e. The van der Waals surface area contributed by atoms with Crippen molar-refractivity contribution >= 4 is 21.4 Å². The van der Waals surface area contributed by atoms with Crippen LogP contribution in [0.1, 0.15) is 24.3 Å². The van der Waals surface area contributed by atoms with Gasteiger partial charge in [0.05, 0.1) is 12.6 Å². The minimum atomic E-state index is -0.213. The molecule has 0 aliphatic rings. The summed E-state index contributed by atoms with van der Waals surface area (Å²) < 4.78 is 19.6. The zero-order chi connectivity index (χ0) is 13.0. The second-order valence-corrected chi connectivity index (χ2v) is 5.24. The number of hydrogen-bond acceptors (Lipinski definition) is 4. The molecule has 1 aromatic heterocycles. The molecule has 1 unspecified atom stereocenters. The number of ether oxygens (including phenoxy) is 1. The average Bonchev–Trinajstić information content (AvgIpc) is 2.77. The van der Waals surface area contributed by atoms with Crippen molar-refractivity contribution in [3.05, 3.63) is 35.0 Å². The summed E-state index contributed by atoms with van der Waals surface area (Å²) in [4.78, 5) is 1.06. The lowest BCUT2D eigenvalue weighted by molar-refractivity contribution is 0.113. The molecule has 98 valence electrons. The second kappa shape index (κ2) is 6.24. The van der Waals surface area contributed by atoms with Gasteiger partial charge in [0.25, 0.3) is 0 Å². The molecule has 0 saturated heterocycles. The Kier molecular flexibility index (Phi) is 4.66. The van der Waals surface area contributed by atoms with Gasteiger partial charge in [0.2, 0.25) is 0 Å². The van der Waals surface area contributed by atoms with E-state index in [0.29, 0.717) is 6.61 Å². The number of nitrogens with two attached hydrogens (primary N) is 1. The number of fused-ring (bicyclic) bond motifs is 1. The van der Waals surface area contributed by atoms with Crippen molar-refractivity contribution in [3.63, 3.8) is 0 Å². The Hall–Kier alpha value is -1.01. The Balaban J connectivity index is 2.17. The number of nitrogens with one attached hydrogen (secondary N) is 1. The van der Waals surface area contributed by atoms with E-state index in [0.717, 1.165) is 28.0 Å². The Morgan fingerprint density at radius 1 is 1.44 bits per heavy atom. The number of benzene rings is 1. The molecule has 2 rings (SSSR count). The molecule has 0 aliphatic carbocycles. The van der Waals surface area contributed by atoms with Gasteiger partial charge in [-0.3, -0.25) is 5.84 Å². The Bertz CT molecular complexity index is 515. The summed E-state index contributed by atoms with van der Waals surface area (Å²) >= 11 is 1.54. The van der Waals surface area contributed by atoms with E-state index in [1.807, 2.05) is 6.07 Å². The molecule has 18 heavy (non-hydrogen) atoms. The SMILES string of the molecule is CCCOCC(NN)c1cc2ccc(F)cc2s1. The van der Waals surface area contributed by atoms with Crippen molar-refractivity contribution in [1.82, 2.24) is 5.43 Å². The van der Waals surface area contributed by atoms with Crippen LogP contribution in [-0.2, 0) is 4.74 Å². The van der Waals surface area contributed by atoms with Crippen molar-refractivity contribution in [2.75, 3.05) is 13.2 Å².